The highest BCUT2D eigenvalue weighted by Gasteiger charge is 2.40. The van der Waals surface area contributed by atoms with Gasteiger partial charge in [0, 0.05) is 49.8 Å². The summed E-state index contributed by atoms with van der Waals surface area (Å²) in [7, 11) is 0. The summed E-state index contributed by atoms with van der Waals surface area (Å²) in [5.74, 6) is 1.99. The molecule has 3 aromatic carbocycles. The quantitative estimate of drug-likeness (QED) is 0.162. The van der Waals surface area contributed by atoms with Crippen molar-refractivity contribution in [2.75, 3.05) is 64.2 Å². The smallest absolute Gasteiger partial charge is 0.255 e. The number of hydrogen-bond acceptors (Lipinski definition) is 10. The first-order valence-corrected chi connectivity index (χ1v) is 23.2. The molecule has 4 saturated heterocycles. The lowest BCUT2D eigenvalue weighted by molar-refractivity contribution is -0.136. The third-order valence-electron chi connectivity index (χ3n) is 14.8. The van der Waals surface area contributed by atoms with Crippen molar-refractivity contribution in [3.05, 3.63) is 95.1 Å². The van der Waals surface area contributed by atoms with Crippen LogP contribution in [-0.2, 0) is 16.1 Å². The summed E-state index contributed by atoms with van der Waals surface area (Å²) in [5.41, 5.74) is 10.9. The maximum absolute atomic E-state index is 13.2. The fourth-order valence-corrected chi connectivity index (χ4v) is 11.3. The van der Waals surface area contributed by atoms with Crippen LogP contribution in [0.4, 0.5) is 5.82 Å². The van der Waals surface area contributed by atoms with Gasteiger partial charge in [0.15, 0.2) is 0 Å². The minimum absolute atomic E-state index is 0.109. The van der Waals surface area contributed by atoms with Crippen molar-refractivity contribution in [2.24, 2.45) is 11.7 Å². The number of rotatable bonds is 11. The molecule has 2 unspecified atom stereocenters. The Labute approximate surface area is 369 Å². The molecule has 1 aromatic heterocycles. The van der Waals surface area contributed by atoms with Gasteiger partial charge in [-0.05, 0) is 156 Å². The third-order valence-corrected chi connectivity index (χ3v) is 14.8. The lowest BCUT2D eigenvalue weighted by Crippen LogP contribution is -2.52. The topological polar surface area (TPSA) is 158 Å². The van der Waals surface area contributed by atoms with E-state index in [9.17, 15) is 19.2 Å². The van der Waals surface area contributed by atoms with Gasteiger partial charge < -0.3 is 35.4 Å². The Balaban J connectivity index is 0.673. The number of primary amides is 1. The highest BCUT2D eigenvalue weighted by molar-refractivity contribution is 6.05. The van der Waals surface area contributed by atoms with Gasteiger partial charge in [-0.15, -0.1) is 0 Å². The van der Waals surface area contributed by atoms with E-state index in [1.54, 1.807) is 4.90 Å². The monoisotopic (exact) mass is 853 g/mol. The summed E-state index contributed by atoms with van der Waals surface area (Å²) < 4.78 is 8.08. The molecule has 330 valence electrons. The van der Waals surface area contributed by atoms with Crippen molar-refractivity contribution >= 4 is 29.4 Å². The van der Waals surface area contributed by atoms with E-state index in [1.807, 2.05) is 60.7 Å². The molecule has 0 radical (unpaired) electrons. The van der Waals surface area contributed by atoms with Crippen molar-refractivity contribution in [1.29, 1.82) is 0 Å². The lowest BCUT2D eigenvalue weighted by Gasteiger charge is -2.44. The van der Waals surface area contributed by atoms with Crippen LogP contribution in [0.1, 0.15) is 102 Å². The number of piperidine rings is 4. The van der Waals surface area contributed by atoms with Crippen LogP contribution in [-0.4, -0.2) is 124 Å². The van der Waals surface area contributed by atoms with E-state index in [0.717, 1.165) is 114 Å². The minimum Gasteiger partial charge on any atom is -0.457 e. The van der Waals surface area contributed by atoms with Crippen LogP contribution < -0.4 is 21.1 Å². The summed E-state index contributed by atoms with van der Waals surface area (Å²) in [6, 6.07) is 23.9. The molecule has 4 aromatic rings. The molecule has 2 atom stereocenters. The Morgan fingerprint density at radius 3 is 2.17 bits per heavy atom. The van der Waals surface area contributed by atoms with E-state index >= 15 is 0 Å². The Morgan fingerprint density at radius 1 is 0.778 bits per heavy atom. The largest absolute Gasteiger partial charge is 0.457 e. The van der Waals surface area contributed by atoms with Gasteiger partial charge in [0.05, 0.1) is 6.04 Å². The number of nitrogens with one attached hydrogen (secondary N) is 2. The number of carbonyl (C=O) groups is 4. The van der Waals surface area contributed by atoms with Crippen LogP contribution in [0.5, 0.6) is 11.5 Å². The molecule has 4 N–H and O–H groups in total. The van der Waals surface area contributed by atoms with Crippen LogP contribution in [0, 0.1) is 5.92 Å². The second kappa shape index (κ2) is 17.9. The van der Waals surface area contributed by atoms with Gasteiger partial charge >= 0.3 is 0 Å². The molecular formula is C49H59N9O5. The Morgan fingerprint density at radius 2 is 1.48 bits per heavy atom. The van der Waals surface area contributed by atoms with Crippen LogP contribution in [0.2, 0.25) is 0 Å². The number of carbonyl (C=O) groups excluding carboxylic acids is 4. The maximum Gasteiger partial charge on any atom is 0.255 e. The number of benzene rings is 3. The molecule has 14 nitrogen and oxygen atoms in total. The zero-order chi connectivity index (χ0) is 43.0. The molecule has 0 bridgehead atoms. The van der Waals surface area contributed by atoms with Crippen LogP contribution in [0.15, 0.2) is 72.8 Å². The SMILES string of the molecule is NC(=O)c1c(-c2ccc(Oc3ccccc3)cc2)nn2c1NCCC2C1CCN(C2CCN(CCN3CCC(c4ccc5c(c4)CN(C4CCC(=O)NC4=O)C5=O)CC3)CC2)CC1. The summed E-state index contributed by atoms with van der Waals surface area (Å²) in [6.07, 6.45) is 8.50. The van der Waals surface area contributed by atoms with Crippen molar-refractivity contribution in [3.8, 4) is 22.8 Å². The first-order valence-electron chi connectivity index (χ1n) is 23.2. The van der Waals surface area contributed by atoms with E-state index < -0.39 is 11.9 Å². The van der Waals surface area contributed by atoms with Crippen LogP contribution in [0.25, 0.3) is 11.3 Å². The summed E-state index contributed by atoms with van der Waals surface area (Å²) in [5, 5.41) is 11.0. The zero-order valence-corrected chi connectivity index (χ0v) is 36.1. The number of aromatic nitrogens is 2. The lowest BCUT2D eigenvalue weighted by atomic mass is 9.85. The van der Waals surface area contributed by atoms with Gasteiger partial charge in [0.1, 0.15) is 34.6 Å². The molecule has 10 rings (SSSR count). The minimum atomic E-state index is -0.579. The van der Waals surface area contributed by atoms with Crippen molar-refractivity contribution in [2.45, 2.75) is 88.4 Å². The summed E-state index contributed by atoms with van der Waals surface area (Å²) in [4.78, 5) is 59.9. The number of fused-ring (bicyclic) bond motifs is 2. The predicted molar refractivity (Wildman–Crippen MR) is 240 cm³/mol. The first kappa shape index (κ1) is 41.4. The molecule has 0 spiro atoms. The second-order valence-corrected chi connectivity index (χ2v) is 18.5. The van der Waals surface area contributed by atoms with Gasteiger partial charge in [0.25, 0.3) is 11.8 Å². The average molecular weight is 854 g/mol. The number of amides is 4. The normalized spacial score (nSPS) is 23.3. The number of para-hydroxylation sites is 1. The number of anilines is 1. The van der Waals surface area contributed by atoms with E-state index in [2.05, 4.69) is 42.1 Å². The highest BCUT2D eigenvalue weighted by atomic mass is 16.5. The highest BCUT2D eigenvalue weighted by Crippen LogP contribution is 2.41. The van der Waals surface area contributed by atoms with Crippen molar-refractivity contribution in [1.82, 2.24) is 34.7 Å². The number of hydrogen-bond donors (Lipinski definition) is 3. The van der Waals surface area contributed by atoms with E-state index in [-0.39, 0.29) is 30.2 Å². The second-order valence-electron chi connectivity index (χ2n) is 18.5. The number of nitrogens with two attached hydrogens (primary N) is 1. The number of imide groups is 1. The maximum atomic E-state index is 13.2. The summed E-state index contributed by atoms with van der Waals surface area (Å²) in [6.45, 7) is 10.1. The fourth-order valence-electron chi connectivity index (χ4n) is 11.3. The van der Waals surface area contributed by atoms with Crippen LogP contribution in [0.3, 0.4) is 0 Å². The molecule has 7 heterocycles. The van der Waals surface area contributed by atoms with Gasteiger partial charge in [-0.1, -0.05) is 30.3 Å². The standard InChI is InChI=1S/C49H59N9O5/c50-46(60)44-45(34-6-9-39(10-7-34)63-38-4-2-1-3-5-38)53-58-41(14-21-51-47(44)58)33-17-26-56(27-18-33)37-19-24-55(25-20-37)29-28-54-22-15-32(16-23-54)35-8-11-40-36(30-35)31-57(49(40)62)42-12-13-43(59)52-48(42)61/h1-11,30,32-33,37,41-42,51H,12-29,31H2,(H2,50,60)(H,52,59,61). The molecule has 4 amide bonds. The van der Waals surface area contributed by atoms with Crippen molar-refractivity contribution in [3.63, 3.8) is 0 Å². The van der Waals surface area contributed by atoms with E-state index in [1.165, 1.54) is 18.4 Å². The fraction of sp³-hybridized carbons (Fsp3) is 0.490. The third kappa shape index (κ3) is 8.60. The number of likely N-dealkylation sites (tertiary alicyclic amines) is 3. The van der Waals surface area contributed by atoms with Gasteiger partial charge in [-0.25, -0.2) is 4.68 Å². The first-order chi connectivity index (χ1) is 30.8. The van der Waals surface area contributed by atoms with Gasteiger partial charge in [0.2, 0.25) is 11.8 Å². The predicted octanol–water partition coefficient (Wildman–Crippen LogP) is 5.62. The van der Waals surface area contributed by atoms with E-state index in [4.69, 9.17) is 15.6 Å². The molecule has 14 heteroatoms. The van der Waals surface area contributed by atoms with E-state index in [0.29, 0.717) is 53.4 Å². The van der Waals surface area contributed by atoms with Gasteiger partial charge in [-0.3, -0.25) is 24.5 Å². The molecular weight excluding hydrogens is 795 g/mol. The molecule has 0 aliphatic carbocycles. The Bertz CT molecular complexity index is 2330. The van der Waals surface area contributed by atoms with Crippen LogP contribution >= 0.6 is 0 Å². The number of ether oxygens (including phenoxy) is 1. The summed E-state index contributed by atoms with van der Waals surface area (Å²) >= 11 is 0. The Kier molecular flexibility index (Phi) is 11.8. The zero-order valence-electron chi connectivity index (χ0n) is 36.1. The average Bonchev–Trinajstić information content (AvgIpc) is 3.87. The molecule has 63 heavy (non-hydrogen) atoms. The van der Waals surface area contributed by atoms with Crippen molar-refractivity contribution < 1.29 is 23.9 Å². The Hall–Kier alpha value is -5.57. The molecule has 6 aliphatic heterocycles. The van der Waals surface area contributed by atoms with Gasteiger partial charge in [-0.2, -0.15) is 5.10 Å². The molecule has 0 saturated carbocycles. The number of nitrogens with zero attached hydrogens (tertiary/aromatic N) is 6. The molecule has 4 fully saturated rings. The molecule has 6 aliphatic rings.